The quantitative estimate of drug-likeness (QED) is 0.330. The first-order chi connectivity index (χ1) is 18.2. The van der Waals surface area contributed by atoms with Crippen LogP contribution in [0.25, 0.3) is 0 Å². The number of likely N-dealkylation sites (tertiary alicyclic amines) is 1. The molecule has 13 heteroatoms. The molecule has 0 aliphatic carbocycles. The summed E-state index contributed by atoms with van der Waals surface area (Å²) in [5.41, 5.74) is 1.11. The highest BCUT2D eigenvalue weighted by atomic mass is 35.5. The van der Waals surface area contributed by atoms with Crippen molar-refractivity contribution in [3.05, 3.63) is 73.8 Å². The van der Waals surface area contributed by atoms with Crippen molar-refractivity contribution in [1.29, 1.82) is 0 Å². The highest BCUT2D eigenvalue weighted by molar-refractivity contribution is 7.10. The van der Waals surface area contributed by atoms with Gasteiger partial charge in [0, 0.05) is 52.5 Å². The molecule has 0 spiro atoms. The first kappa shape index (κ1) is 26.7. The van der Waals surface area contributed by atoms with Crippen LogP contribution in [0.3, 0.4) is 0 Å². The fourth-order valence-electron chi connectivity index (χ4n) is 4.37. The Bertz CT molecular complexity index is 1340. The summed E-state index contributed by atoms with van der Waals surface area (Å²) in [5.74, 6) is -0.360. The zero-order valence-electron chi connectivity index (χ0n) is 19.8. The third-order valence-corrected chi connectivity index (χ3v) is 8.03. The molecule has 5 rings (SSSR count). The number of nitrogens with zero attached hydrogens (tertiary/aromatic N) is 4. The number of piperidine rings is 1. The standard InChI is InChI=1S/C25H21Cl2F3N4O3S/c26-15-3-1-4-16(27)23(15)19-11-17(33-37-19)18-13-38-24(31-18)14-7-9-34(10-8-14)22(35)12-36-21-6-2-5-20(32-21)25(28,29)30/h1-6,13-14,19H,7-12H2. The molecule has 2 aromatic heterocycles. The predicted octanol–water partition coefficient (Wildman–Crippen LogP) is 6.51. The van der Waals surface area contributed by atoms with Crippen molar-refractivity contribution >= 4 is 46.2 Å². The molecule has 0 radical (unpaired) electrons. The zero-order valence-corrected chi connectivity index (χ0v) is 22.1. The lowest BCUT2D eigenvalue weighted by molar-refractivity contribution is -0.141. The number of aromatic nitrogens is 2. The molecule has 1 fully saturated rings. The van der Waals surface area contributed by atoms with Crippen LogP contribution >= 0.6 is 34.5 Å². The molecule has 2 aliphatic heterocycles. The Hall–Kier alpha value is -2.89. The first-order valence-electron chi connectivity index (χ1n) is 11.8. The Kier molecular flexibility index (Phi) is 7.78. The van der Waals surface area contributed by atoms with Crippen molar-refractivity contribution in [2.75, 3.05) is 19.7 Å². The molecule has 1 saturated heterocycles. The van der Waals surface area contributed by atoms with E-state index in [1.165, 1.54) is 23.5 Å². The number of hydrogen-bond donors (Lipinski definition) is 0. The molecule has 1 atom stereocenters. The monoisotopic (exact) mass is 584 g/mol. The highest BCUT2D eigenvalue weighted by Crippen LogP contribution is 2.39. The van der Waals surface area contributed by atoms with E-state index in [0.29, 0.717) is 48.0 Å². The molecular formula is C25H21Cl2F3N4O3S. The average molecular weight is 585 g/mol. The zero-order chi connectivity index (χ0) is 26.9. The fourth-order valence-corrected chi connectivity index (χ4v) is 6.01. The van der Waals surface area contributed by atoms with E-state index < -0.39 is 11.9 Å². The molecule has 2 aliphatic rings. The van der Waals surface area contributed by atoms with E-state index in [1.54, 1.807) is 23.1 Å². The van der Waals surface area contributed by atoms with Gasteiger partial charge in [-0.3, -0.25) is 4.79 Å². The van der Waals surface area contributed by atoms with E-state index in [-0.39, 0.29) is 30.4 Å². The summed E-state index contributed by atoms with van der Waals surface area (Å²) >= 11 is 14.2. The molecule has 1 unspecified atom stereocenters. The Balaban J connectivity index is 1.13. The van der Waals surface area contributed by atoms with Gasteiger partial charge in [0.05, 0.1) is 10.7 Å². The molecule has 0 saturated carbocycles. The summed E-state index contributed by atoms with van der Waals surface area (Å²) < 4.78 is 43.7. The second-order valence-corrected chi connectivity index (χ2v) is 10.5. The Morgan fingerprint density at radius 2 is 1.82 bits per heavy atom. The third kappa shape index (κ3) is 5.89. The maximum absolute atomic E-state index is 12.8. The van der Waals surface area contributed by atoms with Crippen LogP contribution in [0.5, 0.6) is 5.88 Å². The minimum Gasteiger partial charge on any atom is -0.468 e. The van der Waals surface area contributed by atoms with Crippen LogP contribution in [0.1, 0.15) is 53.2 Å². The summed E-state index contributed by atoms with van der Waals surface area (Å²) in [5, 5.41) is 8.16. The van der Waals surface area contributed by atoms with Gasteiger partial charge < -0.3 is 14.5 Å². The summed E-state index contributed by atoms with van der Waals surface area (Å²) in [6.45, 7) is 0.612. The summed E-state index contributed by atoms with van der Waals surface area (Å²) in [6.07, 6.45) is -3.04. The maximum Gasteiger partial charge on any atom is 0.433 e. The number of amides is 1. The molecule has 3 aromatic rings. The number of pyridine rings is 1. The lowest BCUT2D eigenvalue weighted by Crippen LogP contribution is -2.40. The number of hydrogen-bond acceptors (Lipinski definition) is 7. The molecule has 200 valence electrons. The normalized spacial score (nSPS) is 18.3. The van der Waals surface area contributed by atoms with Crippen LogP contribution < -0.4 is 4.74 Å². The van der Waals surface area contributed by atoms with Crippen LogP contribution in [0, 0.1) is 0 Å². The lowest BCUT2D eigenvalue weighted by Gasteiger charge is -2.31. The first-order valence-corrected chi connectivity index (χ1v) is 13.4. The van der Waals surface area contributed by atoms with Crippen LogP contribution in [-0.4, -0.2) is 46.2 Å². The van der Waals surface area contributed by atoms with Gasteiger partial charge >= 0.3 is 6.18 Å². The highest BCUT2D eigenvalue weighted by Gasteiger charge is 2.33. The molecule has 1 amide bonds. The van der Waals surface area contributed by atoms with E-state index >= 15 is 0 Å². The van der Waals surface area contributed by atoms with Crippen molar-refractivity contribution < 1.29 is 27.5 Å². The van der Waals surface area contributed by atoms with E-state index in [0.717, 1.165) is 22.5 Å². The smallest absolute Gasteiger partial charge is 0.433 e. The van der Waals surface area contributed by atoms with Crippen molar-refractivity contribution in [1.82, 2.24) is 14.9 Å². The Labute approximate surface area is 230 Å². The number of halogens is 5. The number of rotatable bonds is 6. The van der Waals surface area contributed by atoms with Gasteiger partial charge in [0.15, 0.2) is 12.7 Å². The van der Waals surface area contributed by atoms with Crippen LogP contribution in [0.4, 0.5) is 13.2 Å². The van der Waals surface area contributed by atoms with Gasteiger partial charge in [-0.25, -0.2) is 9.97 Å². The van der Waals surface area contributed by atoms with Gasteiger partial charge in [-0.05, 0) is 31.0 Å². The van der Waals surface area contributed by atoms with E-state index in [9.17, 15) is 18.0 Å². The minimum absolute atomic E-state index is 0.181. The Morgan fingerprint density at radius 3 is 2.53 bits per heavy atom. The number of benzene rings is 1. The third-order valence-electron chi connectivity index (χ3n) is 6.36. The van der Waals surface area contributed by atoms with E-state index in [4.69, 9.17) is 37.8 Å². The van der Waals surface area contributed by atoms with Gasteiger partial charge in [0.2, 0.25) is 5.88 Å². The molecule has 1 aromatic carbocycles. The number of alkyl halides is 3. The number of oxime groups is 1. The number of carbonyl (C=O) groups is 1. The molecule has 38 heavy (non-hydrogen) atoms. The van der Waals surface area contributed by atoms with Crippen molar-refractivity contribution in [2.24, 2.45) is 5.16 Å². The topological polar surface area (TPSA) is 76.9 Å². The fraction of sp³-hybridized carbons (Fsp3) is 0.360. The Morgan fingerprint density at radius 1 is 1.11 bits per heavy atom. The molecule has 0 bridgehead atoms. The van der Waals surface area contributed by atoms with Crippen molar-refractivity contribution in [3.8, 4) is 5.88 Å². The summed E-state index contributed by atoms with van der Waals surface area (Å²) in [4.78, 5) is 28.0. The van der Waals surface area contributed by atoms with Gasteiger partial charge in [-0.1, -0.05) is 40.5 Å². The van der Waals surface area contributed by atoms with Crippen LogP contribution in [-0.2, 0) is 15.8 Å². The van der Waals surface area contributed by atoms with Gasteiger partial charge in [-0.2, -0.15) is 13.2 Å². The van der Waals surface area contributed by atoms with Gasteiger partial charge in [-0.15, -0.1) is 11.3 Å². The van der Waals surface area contributed by atoms with Gasteiger partial charge in [0.1, 0.15) is 11.4 Å². The van der Waals surface area contributed by atoms with Gasteiger partial charge in [0.25, 0.3) is 5.91 Å². The number of thiazole rings is 1. The summed E-state index contributed by atoms with van der Waals surface area (Å²) in [6, 6.07) is 8.63. The maximum atomic E-state index is 12.8. The second kappa shape index (κ2) is 11.1. The van der Waals surface area contributed by atoms with Crippen LogP contribution in [0.15, 0.2) is 46.9 Å². The molecular weight excluding hydrogens is 564 g/mol. The molecule has 0 N–H and O–H groups in total. The predicted molar refractivity (Wildman–Crippen MR) is 137 cm³/mol. The number of carbonyl (C=O) groups excluding carboxylic acids is 1. The van der Waals surface area contributed by atoms with E-state index in [1.807, 2.05) is 5.38 Å². The van der Waals surface area contributed by atoms with Crippen molar-refractivity contribution in [2.45, 2.75) is 37.5 Å². The van der Waals surface area contributed by atoms with E-state index in [2.05, 4.69) is 10.1 Å². The average Bonchev–Trinajstić information content (AvgIpc) is 3.57. The lowest BCUT2D eigenvalue weighted by atomic mass is 9.97. The molecule has 7 nitrogen and oxygen atoms in total. The van der Waals surface area contributed by atoms with Crippen molar-refractivity contribution in [3.63, 3.8) is 0 Å². The number of ether oxygens (including phenoxy) is 1. The largest absolute Gasteiger partial charge is 0.468 e. The second-order valence-electron chi connectivity index (χ2n) is 8.85. The SMILES string of the molecule is O=C(COc1cccc(C(F)(F)F)n1)N1CCC(c2nc(C3=NOC(c4c(Cl)cccc4Cl)C3)cs2)CC1. The summed E-state index contributed by atoms with van der Waals surface area (Å²) in [7, 11) is 0. The minimum atomic E-state index is -4.58. The van der Waals surface area contributed by atoms with Crippen LogP contribution in [0.2, 0.25) is 10.0 Å². The molecule has 4 heterocycles.